The zero-order valence-electron chi connectivity index (χ0n) is 18.2. The van der Waals surface area contributed by atoms with Gasteiger partial charge in [0.15, 0.2) is 6.79 Å². The minimum atomic E-state index is -0.654. The maximum atomic E-state index is 13.9. The summed E-state index contributed by atoms with van der Waals surface area (Å²) in [6.07, 6.45) is 0.922. The molecular formula is C24H29FN2O4. The Morgan fingerprint density at radius 3 is 2.71 bits per heavy atom. The number of carbonyl (C=O) groups excluding carboxylic acids is 2. The Morgan fingerprint density at radius 2 is 1.97 bits per heavy atom. The van der Waals surface area contributed by atoms with Crippen LogP contribution in [0.3, 0.4) is 0 Å². The van der Waals surface area contributed by atoms with Crippen molar-refractivity contribution in [2.45, 2.75) is 46.3 Å². The summed E-state index contributed by atoms with van der Waals surface area (Å²) >= 11 is 0. The normalized spacial score (nSPS) is 13.8. The van der Waals surface area contributed by atoms with Gasteiger partial charge in [-0.2, -0.15) is 0 Å². The molecule has 3 rings (SSSR count). The molecule has 1 atom stereocenters. The van der Waals surface area contributed by atoms with Crippen molar-refractivity contribution in [3.05, 3.63) is 64.5 Å². The van der Waals surface area contributed by atoms with Crippen LogP contribution >= 0.6 is 0 Å². The van der Waals surface area contributed by atoms with Crippen LogP contribution < -0.4 is 15.4 Å². The van der Waals surface area contributed by atoms with Crippen molar-refractivity contribution in [3.63, 3.8) is 0 Å². The highest BCUT2D eigenvalue weighted by Gasteiger charge is 2.23. The van der Waals surface area contributed by atoms with Gasteiger partial charge in [-0.3, -0.25) is 9.59 Å². The molecule has 2 amide bonds. The predicted octanol–water partition coefficient (Wildman–Crippen LogP) is 3.50. The summed E-state index contributed by atoms with van der Waals surface area (Å²) in [6.45, 7) is 6.58. The van der Waals surface area contributed by atoms with Gasteiger partial charge in [0.2, 0.25) is 5.91 Å². The lowest BCUT2D eigenvalue weighted by molar-refractivity contribution is -0.123. The van der Waals surface area contributed by atoms with Crippen LogP contribution in [0.1, 0.15) is 47.3 Å². The number of ether oxygens (including phenoxy) is 2. The number of benzene rings is 2. The second-order valence-electron chi connectivity index (χ2n) is 8.18. The maximum Gasteiger partial charge on any atom is 0.252 e. The molecule has 0 fully saturated rings. The highest BCUT2D eigenvalue weighted by molar-refractivity contribution is 5.98. The summed E-state index contributed by atoms with van der Waals surface area (Å²) in [7, 11) is 0. The van der Waals surface area contributed by atoms with Crippen LogP contribution in [-0.4, -0.2) is 31.2 Å². The molecule has 1 unspecified atom stereocenters. The largest absolute Gasteiger partial charge is 0.467 e. The van der Waals surface area contributed by atoms with Gasteiger partial charge in [-0.25, -0.2) is 4.39 Å². The fourth-order valence-corrected chi connectivity index (χ4v) is 3.65. The average molecular weight is 429 g/mol. The fourth-order valence-electron chi connectivity index (χ4n) is 3.65. The third-order valence-electron chi connectivity index (χ3n) is 5.16. The quantitative estimate of drug-likeness (QED) is 0.675. The van der Waals surface area contributed by atoms with Crippen molar-refractivity contribution >= 4 is 11.8 Å². The number of nitrogens with one attached hydrogen (secondary N) is 2. The van der Waals surface area contributed by atoms with Gasteiger partial charge in [0.25, 0.3) is 5.91 Å². The lowest BCUT2D eigenvalue weighted by Crippen LogP contribution is -2.48. The monoisotopic (exact) mass is 428 g/mol. The maximum absolute atomic E-state index is 13.9. The van der Waals surface area contributed by atoms with Gasteiger partial charge in [0.1, 0.15) is 17.6 Å². The van der Waals surface area contributed by atoms with E-state index < -0.39 is 6.04 Å². The summed E-state index contributed by atoms with van der Waals surface area (Å²) in [6, 6.07) is 9.43. The second kappa shape index (κ2) is 10.4. The fraction of sp³-hybridized carbons (Fsp3) is 0.417. The molecule has 2 N–H and O–H groups in total. The second-order valence-corrected chi connectivity index (χ2v) is 8.18. The first-order chi connectivity index (χ1) is 14.8. The molecule has 0 saturated carbocycles. The first kappa shape index (κ1) is 22.7. The lowest BCUT2D eigenvalue weighted by atomic mass is 10.0. The van der Waals surface area contributed by atoms with Crippen molar-refractivity contribution in [3.8, 4) is 5.75 Å². The molecule has 0 aliphatic carbocycles. The molecule has 1 aliphatic rings. The van der Waals surface area contributed by atoms with E-state index in [9.17, 15) is 14.0 Å². The summed E-state index contributed by atoms with van der Waals surface area (Å²) in [4.78, 5) is 25.5. The SMILES string of the molecule is Cc1ccccc1C(=O)NC(CC(C)C)C(=O)NCCc1cc(F)cc2c1OCOC2. The first-order valence-corrected chi connectivity index (χ1v) is 10.5. The van der Waals surface area contributed by atoms with Gasteiger partial charge < -0.3 is 20.1 Å². The summed E-state index contributed by atoms with van der Waals surface area (Å²) in [5, 5.41) is 5.73. The molecule has 0 aromatic heterocycles. The lowest BCUT2D eigenvalue weighted by Gasteiger charge is -2.22. The van der Waals surface area contributed by atoms with Gasteiger partial charge in [-0.05, 0) is 55.0 Å². The number of amides is 2. The molecule has 7 heteroatoms. The summed E-state index contributed by atoms with van der Waals surface area (Å²) < 4.78 is 24.6. The summed E-state index contributed by atoms with van der Waals surface area (Å²) in [5.74, 6) is -0.0564. The standard InChI is InChI=1S/C24H29FN2O4/c1-15(2)10-21(27-23(28)20-7-5-4-6-16(20)3)24(29)26-9-8-17-11-19(25)12-18-13-30-14-31-22(17)18/h4-7,11-12,15,21H,8-10,13-14H2,1-3H3,(H,26,29)(H,27,28). The number of hydrogen-bond acceptors (Lipinski definition) is 4. The number of rotatable bonds is 8. The van der Waals surface area contributed by atoms with Crippen LogP contribution in [0.15, 0.2) is 36.4 Å². The minimum absolute atomic E-state index is 0.124. The van der Waals surface area contributed by atoms with Crippen LogP contribution in [0.2, 0.25) is 0 Å². The van der Waals surface area contributed by atoms with E-state index in [4.69, 9.17) is 9.47 Å². The van der Waals surface area contributed by atoms with Crippen molar-refractivity contribution in [2.24, 2.45) is 5.92 Å². The number of hydrogen-bond donors (Lipinski definition) is 2. The molecule has 0 spiro atoms. The van der Waals surface area contributed by atoms with Crippen LogP contribution in [0, 0.1) is 18.7 Å². The Morgan fingerprint density at radius 1 is 1.19 bits per heavy atom. The van der Waals surface area contributed by atoms with Crippen molar-refractivity contribution in [2.75, 3.05) is 13.3 Å². The van der Waals surface area contributed by atoms with Crippen molar-refractivity contribution in [1.82, 2.24) is 10.6 Å². The molecule has 2 aromatic rings. The van der Waals surface area contributed by atoms with E-state index in [1.54, 1.807) is 12.1 Å². The number of carbonyl (C=O) groups is 2. The highest BCUT2D eigenvalue weighted by atomic mass is 19.1. The number of fused-ring (bicyclic) bond motifs is 1. The zero-order valence-corrected chi connectivity index (χ0v) is 18.2. The van der Waals surface area contributed by atoms with E-state index in [0.717, 1.165) is 5.56 Å². The van der Waals surface area contributed by atoms with Gasteiger partial charge in [-0.15, -0.1) is 0 Å². The minimum Gasteiger partial charge on any atom is -0.467 e. The molecule has 0 saturated heterocycles. The van der Waals surface area contributed by atoms with Crippen molar-refractivity contribution in [1.29, 1.82) is 0 Å². The van der Waals surface area contributed by atoms with E-state index in [-0.39, 0.29) is 30.3 Å². The zero-order chi connectivity index (χ0) is 22.4. The van der Waals surface area contributed by atoms with Gasteiger partial charge in [0.05, 0.1) is 6.61 Å². The third kappa shape index (κ3) is 6.04. The molecule has 2 aromatic carbocycles. The average Bonchev–Trinajstić information content (AvgIpc) is 2.73. The van der Waals surface area contributed by atoms with E-state index in [2.05, 4.69) is 10.6 Å². The molecule has 6 nitrogen and oxygen atoms in total. The number of aryl methyl sites for hydroxylation is 1. The molecule has 1 aliphatic heterocycles. The Kier molecular flexibility index (Phi) is 7.63. The first-order valence-electron chi connectivity index (χ1n) is 10.5. The summed E-state index contributed by atoms with van der Waals surface area (Å²) in [5.41, 5.74) is 2.75. The Bertz CT molecular complexity index is 945. The van der Waals surface area contributed by atoms with E-state index in [0.29, 0.717) is 48.4 Å². The Hall–Kier alpha value is -2.93. The third-order valence-corrected chi connectivity index (χ3v) is 5.16. The number of halogens is 1. The highest BCUT2D eigenvalue weighted by Crippen LogP contribution is 2.29. The molecule has 0 radical (unpaired) electrons. The van der Waals surface area contributed by atoms with Gasteiger partial charge >= 0.3 is 0 Å². The van der Waals surface area contributed by atoms with Gasteiger partial charge in [0, 0.05) is 17.7 Å². The van der Waals surface area contributed by atoms with E-state index >= 15 is 0 Å². The molecular weight excluding hydrogens is 399 g/mol. The smallest absolute Gasteiger partial charge is 0.252 e. The molecule has 0 bridgehead atoms. The van der Waals surface area contributed by atoms with Crippen LogP contribution in [-0.2, 0) is 22.6 Å². The van der Waals surface area contributed by atoms with Crippen LogP contribution in [0.4, 0.5) is 4.39 Å². The van der Waals surface area contributed by atoms with Gasteiger partial charge in [-0.1, -0.05) is 32.0 Å². The molecule has 31 heavy (non-hydrogen) atoms. The topological polar surface area (TPSA) is 76.7 Å². The van der Waals surface area contributed by atoms with Crippen molar-refractivity contribution < 1.29 is 23.5 Å². The predicted molar refractivity (Wildman–Crippen MR) is 115 cm³/mol. The van der Waals surface area contributed by atoms with E-state index in [1.165, 1.54) is 12.1 Å². The van der Waals surface area contributed by atoms with Crippen LogP contribution in [0.25, 0.3) is 0 Å². The molecule has 1 heterocycles. The Labute approximate surface area is 182 Å². The Balaban J connectivity index is 1.63. The molecule has 166 valence electrons. The van der Waals surface area contributed by atoms with Crippen LogP contribution in [0.5, 0.6) is 5.75 Å². The van der Waals surface area contributed by atoms with E-state index in [1.807, 2.05) is 32.9 Å².